The van der Waals surface area contributed by atoms with Gasteiger partial charge in [0.2, 0.25) is 0 Å². The van der Waals surface area contributed by atoms with E-state index in [-0.39, 0.29) is 0 Å². The van der Waals surface area contributed by atoms with Gasteiger partial charge in [-0.05, 0) is 26.1 Å². The van der Waals surface area contributed by atoms with E-state index in [9.17, 15) is 0 Å². The Morgan fingerprint density at radius 2 is 2.00 bits per heavy atom. The Morgan fingerprint density at radius 3 is 2.67 bits per heavy atom. The Hall–Kier alpha value is 0.270. The van der Waals surface area contributed by atoms with Crippen LogP contribution in [0.4, 0.5) is 0 Å². The molecule has 1 rings (SSSR count). The molecule has 1 aliphatic heterocycles. The molecule has 1 atom stereocenters. The molecule has 0 aliphatic carbocycles. The summed E-state index contributed by atoms with van der Waals surface area (Å²) in [6, 6.07) is 0. The van der Waals surface area contributed by atoms with Crippen molar-refractivity contribution in [3.63, 3.8) is 0 Å². The molecule has 1 saturated heterocycles. The molecule has 0 N–H and O–H groups in total. The molecule has 0 bridgehead atoms. The third-order valence-electron chi connectivity index (χ3n) is 3.29. The Kier molecular flexibility index (Phi) is 6.69. The van der Waals surface area contributed by atoms with Gasteiger partial charge in [0.15, 0.2) is 0 Å². The molecular weight excluding hydrogens is 204 g/mol. The number of rotatable bonds is 5. The highest BCUT2D eigenvalue weighted by Gasteiger charge is 2.14. The first kappa shape index (κ1) is 13.3. The fourth-order valence-electron chi connectivity index (χ4n) is 1.99. The minimum absolute atomic E-state index is 0.864. The second kappa shape index (κ2) is 7.53. The Bertz CT molecular complexity index is 160. The van der Waals surface area contributed by atoms with Gasteiger partial charge in [0, 0.05) is 30.6 Å². The summed E-state index contributed by atoms with van der Waals surface area (Å²) < 4.78 is 0. The Labute approximate surface area is 99.4 Å². The molecule has 15 heavy (non-hydrogen) atoms. The van der Waals surface area contributed by atoms with E-state index in [1.54, 1.807) is 0 Å². The predicted octanol–water partition coefficient (Wildman–Crippen LogP) is 2.16. The van der Waals surface area contributed by atoms with Gasteiger partial charge < -0.3 is 9.80 Å². The minimum atomic E-state index is 0.864. The molecule has 3 heteroatoms. The molecule has 0 radical (unpaired) electrons. The van der Waals surface area contributed by atoms with E-state index in [0.717, 1.165) is 5.25 Å². The van der Waals surface area contributed by atoms with Gasteiger partial charge in [0.25, 0.3) is 0 Å². The summed E-state index contributed by atoms with van der Waals surface area (Å²) >= 11 is 2.13. The molecule has 90 valence electrons. The van der Waals surface area contributed by atoms with Crippen molar-refractivity contribution in [3.8, 4) is 0 Å². The first-order valence-electron chi connectivity index (χ1n) is 6.32. The zero-order chi connectivity index (χ0) is 11.1. The average Bonchev–Trinajstić information content (AvgIpc) is 2.45. The van der Waals surface area contributed by atoms with Crippen molar-refractivity contribution >= 4 is 11.8 Å². The standard InChI is InChI=1S/C12H26N2S/c1-4-13(5-2)8-9-14-7-6-12(3)15-11-10-14/h12H,4-11H2,1-3H3. The highest BCUT2D eigenvalue weighted by atomic mass is 32.2. The molecule has 0 amide bonds. The topological polar surface area (TPSA) is 6.48 Å². The van der Waals surface area contributed by atoms with Crippen LogP contribution in [-0.2, 0) is 0 Å². The summed E-state index contributed by atoms with van der Waals surface area (Å²) in [5.41, 5.74) is 0. The highest BCUT2D eigenvalue weighted by Crippen LogP contribution is 2.18. The maximum absolute atomic E-state index is 2.63. The van der Waals surface area contributed by atoms with Crippen LogP contribution in [0.1, 0.15) is 27.2 Å². The zero-order valence-corrected chi connectivity index (χ0v) is 11.4. The molecule has 0 saturated carbocycles. The van der Waals surface area contributed by atoms with Crippen LogP contribution >= 0.6 is 11.8 Å². The first-order valence-corrected chi connectivity index (χ1v) is 7.37. The Morgan fingerprint density at radius 1 is 1.27 bits per heavy atom. The van der Waals surface area contributed by atoms with Gasteiger partial charge in [-0.2, -0.15) is 11.8 Å². The molecule has 0 aromatic rings. The van der Waals surface area contributed by atoms with Crippen molar-refractivity contribution in [2.45, 2.75) is 32.4 Å². The summed E-state index contributed by atoms with van der Waals surface area (Å²) in [5.74, 6) is 1.32. The minimum Gasteiger partial charge on any atom is -0.303 e. The molecule has 0 spiro atoms. The third-order valence-corrected chi connectivity index (χ3v) is 4.51. The Balaban J connectivity index is 2.19. The second-order valence-corrected chi connectivity index (χ2v) is 5.88. The van der Waals surface area contributed by atoms with Crippen molar-refractivity contribution < 1.29 is 0 Å². The fraction of sp³-hybridized carbons (Fsp3) is 1.00. The molecule has 1 aliphatic rings. The lowest BCUT2D eigenvalue weighted by atomic mass is 10.3. The van der Waals surface area contributed by atoms with E-state index in [0.29, 0.717) is 0 Å². The molecule has 1 heterocycles. The van der Waals surface area contributed by atoms with Gasteiger partial charge in [0.05, 0.1) is 0 Å². The van der Waals surface area contributed by atoms with Crippen LogP contribution < -0.4 is 0 Å². The SMILES string of the molecule is CCN(CC)CCN1CCSC(C)CC1. The quantitative estimate of drug-likeness (QED) is 0.714. The van der Waals surface area contributed by atoms with Crippen molar-refractivity contribution in [1.82, 2.24) is 9.80 Å². The van der Waals surface area contributed by atoms with Gasteiger partial charge in [-0.25, -0.2) is 0 Å². The molecule has 2 nitrogen and oxygen atoms in total. The van der Waals surface area contributed by atoms with E-state index in [1.807, 2.05) is 0 Å². The van der Waals surface area contributed by atoms with E-state index >= 15 is 0 Å². The predicted molar refractivity (Wildman–Crippen MR) is 70.8 cm³/mol. The summed E-state index contributed by atoms with van der Waals surface area (Å²) in [5, 5.41) is 0.864. The largest absolute Gasteiger partial charge is 0.303 e. The fourth-order valence-corrected chi connectivity index (χ4v) is 3.03. The lowest BCUT2D eigenvalue weighted by Crippen LogP contribution is -2.36. The number of hydrogen-bond donors (Lipinski definition) is 0. The maximum Gasteiger partial charge on any atom is 0.0110 e. The van der Waals surface area contributed by atoms with Gasteiger partial charge in [0.1, 0.15) is 0 Å². The monoisotopic (exact) mass is 230 g/mol. The van der Waals surface area contributed by atoms with Crippen molar-refractivity contribution in [2.75, 3.05) is 45.0 Å². The number of hydrogen-bond acceptors (Lipinski definition) is 3. The van der Waals surface area contributed by atoms with E-state index in [2.05, 4.69) is 42.3 Å². The lowest BCUT2D eigenvalue weighted by Gasteiger charge is -2.24. The van der Waals surface area contributed by atoms with Crippen LogP contribution in [-0.4, -0.2) is 60.1 Å². The number of thioether (sulfide) groups is 1. The van der Waals surface area contributed by atoms with Crippen molar-refractivity contribution in [1.29, 1.82) is 0 Å². The van der Waals surface area contributed by atoms with Gasteiger partial charge in [-0.15, -0.1) is 0 Å². The molecular formula is C12H26N2S. The van der Waals surface area contributed by atoms with Crippen molar-refractivity contribution in [3.05, 3.63) is 0 Å². The summed E-state index contributed by atoms with van der Waals surface area (Å²) in [7, 11) is 0. The molecule has 1 unspecified atom stereocenters. The molecule has 1 fully saturated rings. The third kappa shape index (κ3) is 5.23. The highest BCUT2D eigenvalue weighted by molar-refractivity contribution is 7.99. The molecule has 0 aromatic heterocycles. The second-order valence-electron chi connectivity index (χ2n) is 4.34. The summed E-state index contributed by atoms with van der Waals surface area (Å²) in [4.78, 5) is 5.15. The first-order chi connectivity index (χ1) is 7.26. The average molecular weight is 230 g/mol. The maximum atomic E-state index is 2.63. The lowest BCUT2D eigenvalue weighted by molar-refractivity contribution is 0.222. The van der Waals surface area contributed by atoms with Gasteiger partial charge >= 0.3 is 0 Å². The summed E-state index contributed by atoms with van der Waals surface area (Å²) in [6.45, 7) is 14.3. The van der Waals surface area contributed by atoms with Crippen LogP contribution in [0.15, 0.2) is 0 Å². The van der Waals surface area contributed by atoms with E-state index in [4.69, 9.17) is 0 Å². The van der Waals surface area contributed by atoms with Crippen molar-refractivity contribution in [2.24, 2.45) is 0 Å². The molecule has 0 aromatic carbocycles. The van der Waals surface area contributed by atoms with Crippen LogP contribution in [0.5, 0.6) is 0 Å². The van der Waals surface area contributed by atoms with Gasteiger partial charge in [-0.1, -0.05) is 20.8 Å². The number of likely N-dealkylation sites (N-methyl/N-ethyl adjacent to an activating group) is 1. The van der Waals surface area contributed by atoms with E-state index < -0.39 is 0 Å². The van der Waals surface area contributed by atoms with Crippen LogP contribution in [0.2, 0.25) is 0 Å². The summed E-state index contributed by atoms with van der Waals surface area (Å²) in [6.07, 6.45) is 1.36. The normalized spacial score (nSPS) is 24.4. The smallest absolute Gasteiger partial charge is 0.0110 e. The number of nitrogens with zero attached hydrogens (tertiary/aromatic N) is 2. The van der Waals surface area contributed by atoms with Crippen LogP contribution in [0, 0.1) is 0 Å². The zero-order valence-electron chi connectivity index (χ0n) is 10.5. The van der Waals surface area contributed by atoms with Gasteiger partial charge in [-0.3, -0.25) is 0 Å². The van der Waals surface area contributed by atoms with E-state index in [1.165, 1.54) is 51.4 Å². The van der Waals surface area contributed by atoms with Crippen LogP contribution in [0.25, 0.3) is 0 Å². The van der Waals surface area contributed by atoms with Crippen LogP contribution in [0.3, 0.4) is 0 Å².